The Kier molecular flexibility index (Phi) is 1.97. The van der Waals surface area contributed by atoms with Crippen LogP contribution in [0, 0.1) is 6.92 Å². The molecule has 2 rings (SSSR count). The average molecular weight is 210 g/mol. The van der Waals surface area contributed by atoms with Gasteiger partial charge in [-0.1, -0.05) is 17.7 Å². The summed E-state index contributed by atoms with van der Waals surface area (Å²) in [5, 5.41) is 10.7. The molecule has 0 aliphatic rings. The first-order valence-electron chi connectivity index (χ1n) is 4.11. The van der Waals surface area contributed by atoms with Crippen molar-refractivity contribution in [1.29, 1.82) is 0 Å². The van der Waals surface area contributed by atoms with Crippen molar-refractivity contribution < 1.29 is 5.11 Å². The summed E-state index contributed by atoms with van der Waals surface area (Å²) in [7, 11) is 0. The van der Waals surface area contributed by atoms with Crippen molar-refractivity contribution in [3.05, 3.63) is 39.1 Å². The highest BCUT2D eigenvalue weighted by molar-refractivity contribution is 6.35. The van der Waals surface area contributed by atoms with E-state index in [1.165, 1.54) is 0 Å². The summed E-state index contributed by atoms with van der Waals surface area (Å²) < 4.78 is 0. The largest absolute Gasteiger partial charge is 0.507 e. The third-order valence-electron chi connectivity index (χ3n) is 2.20. The molecule has 2 N–H and O–H groups in total. The van der Waals surface area contributed by atoms with Crippen molar-refractivity contribution in [2.75, 3.05) is 0 Å². The number of hydrogen-bond acceptors (Lipinski definition) is 2. The van der Waals surface area contributed by atoms with E-state index >= 15 is 0 Å². The minimum Gasteiger partial charge on any atom is -0.507 e. The van der Waals surface area contributed by atoms with Crippen LogP contribution in [-0.2, 0) is 0 Å². The molecular formula is C10H8ClNO2. The Labute approximate surface area is 85.0 Å². The quantitative estimate of drug-likeness (QED) is 0.699. The van der Waals surface area contributed by atoms with E-state index in [4.69, 9.17) is 11.6 Å². The molecule has 0 amide bonds. The van der Waals surface area contributed by atoms with Crippen LogP contribution in [0.4, 0.5) is 0 Å². The molecular weight excluding hydrogens is 202 g/mol. The lowest BCUT2D eigenvalue weighted by atomic mass is 10.1. The molecule has 0 saturated carbocycles. The predicted molar refractivity (Wildman–Crippen MR) is 56.0 cm³/mol. The summed E-state index contributed by atoms with van der Waals surface area (Å²) in [6.07, 6.45) is 0. The highest BCUT2D eigenvalue weighted by Crippen LogP contribution is 2.28. The molecule has 2 aromatic rings. The van der Waals surface area contributed by atoms with Gasteiger partial charge in [-0.05, 0) is 19.1 Å². The van der Waals surface area contributed by atoms with Crippen LogP contribution in [-0.4, -0.2) is 10.1 Å². The zero-order valence-corrected chi connectivity index (χ0v) is 8.22. The Morgan fingerprint density at radius 2 is 2.14 bits per heavy atom. The fraction of sp³-hybridized carbons (Fsp3) is 0.100. The van der Waals surface area contributed by atoms with E-state index in [0.717, 1.165) is 0 Å². The highest BCUT2D eigenvalue weighted by atomic mass is 35.5. The van der Waals surface area contributed by atoms with Crippen molar-refractivity contribution >= 4 is 22.5 Å². The molecule has 0 radical (unpaired) electrons. The summed E-state index contributed by atoms with van der Waals surface area (Å²) in [6, 6.07) is 5.09. The van der Waals surface area contributed by atoms with E-state index in [2.05, 4.69) is 4.98 Å². The first-order chi connectivity index (χ1) is 6.61. The highest BCUT2D eigenvalue weighted by Gasteiger charge is 2.08. The lowest BCUT2D eigenvalue weighted by molar-refractivity contribution is 0.476. The molecule has 1 aromatic heterocycles. The van der Waals surface area contributed by atoms with Gasteiger partial charge in [-0.2, -0.15) is 0 Å². The maximum atomic E-state index is 11.3. The van der Waals surface area contributed by atoms with Gasteiger partial charge in [-0.3, -0.25) is 4.79 Å². The number of para-hydroxylation sites is 1. The van der Waals surface area contributed by atoms with Gasteiger partial charge in [0.25, 0.3) is 5.56 Å². The van der Waals surface area contributed by atoms with Gasteiger partial charge in [0.2, 0.25) is 0 Å². The number of aromatic amines is 1. The van der Waals surface area contributed by atoms with Gasteiger partial charge in [0.1, 0.15) is 5.75 Å². The Morgan fingerprint density at radius 3 is 2.86 bits per heavy atom. The van der Waals surface area contributed by atoms with Crippen molar-refractivity contribution in [1.82, 2.24) is 4.98 Å². The number of aromatic hydroxyl groups is 1. The Balaban J connectivity index is 3.06. The van der Waals surface area contributed by atoms with Gasteiger partial charge in [0.15, 0.2) is 0 Å². The summed E-state index contributed by atoms with van der Waals surface area (Å²) in [5.41, 5.74) is 0.463. The molecule has 0 unspecified atom stereocenters. The molecule has 0 fully saturated rings. The number of pyridine rings is 1. The normalized spacial score (nSPS) is 10.7. The SMILES string of the molecule is Cc1c(O)c2cccc(Cl)c2[nH]c1=O. The van der Waals surface area contributed by atoms with Crippen LogP contribution in [0.15, 0.2) is 23.0 Å². The van der Waals surface area contributed by atoms with E-state index < -0.39 is 0 Å². The van der Waals surface area contributed by atoms with Crippen LogP contribution >= 0.6 is 11.6 Å². The third kappa shape index (κ3) is 1.17. The van der Waals surface area contributed by atoms with Crippen LogP contribution in [0.25, 0.3) is 10.9 Å². The number of aromatic nitrogens is 1. The molecule has 3 nitrogen and oxygen atoms in total. The molecule has 0 bridgehead atoms. The fourth-order valence-corrected chi connectivity index (χ4v) is 1.59. The maximum absolute atomic E-state index is 11.3. The number of H-pyrrole nitrogens is 1. The average Bonchev–Trinajstić information content (AvgIpc) is 2.17. The molecule has 0 atom stereocenters. The number of fused-ring (bicyclic) bond motifs is 1. The number of benzene rings is 1. The topological polar surface area (TPSA) is 53.1 Å². The van der Waals surface area contributed by atoms with Crippen molar-refractivity contribution in [3.8, 4) is 5.75 Å². The predicted octanol–water partition coefficient (Wildman–Crippen LogP) is 2.20. The Bertz CT molecular complexity index is 560. The van der Waals surface area contributed by atoms with Crippen molar-refractivity contribution in [2.45, 2.75) is 6.92 Å². The van der Waals surface area contributed by atoms with Gasteiger partial charge in [-0.15, -0.1) is 0 Å². The zero-order valence-electron chi connectivity index (χ0n) is 7.47. The van der Waals surface area contributed by atoms with Gasteiger partial charge >= 0.3 is 0 Å². The number of halogens is 1. The van der Waals surface area contributed by atoms with Crippen LogP contribution in [0.1, 0.15) is 5.56 Å². The van der Waals surface area contributed by atoms with E-state index in [9.17, 15) is 9.90 Å². The van der Waals surface area contributed by atoms with E-state index in [-0.39, 0.29) is 11.3 Å². The molecule has 4 heteroatoms. The van der Waals surface area contributed by atoms with E-state index in [1.807, 2.05) is 0 Å². The lowest BCUT2D eigenvalue weighted by Gasteiger charge is -2.04. The van der Waals surface area contributed by atoms with Crippen LogP contribution in [0.2, 0.25) is 5.02 Å². The van der Waals surface area contributed by atoms with Crippen molar-refractivity contribution in [2.24, 2.45) is 0 Å². The minimum atomic E-state index is -0.317. The second-order valence-electron chi connectivity index (χ2n) is 3.09. The summed E-state index contributed by atoms with van der Waals surface area (Å²) in [5.74, 6) is -0.00810. The van der Waals surface area contributed by atoms with Gasteiger partial charge in [0, 0.05) is 5.39 Å². The summed E-state index contributed by atoms with van der Waals surface area (Å²) in [6.45, 7) is 1.56. The van der Waals surface area contributed by atoms with Gasteiger partial charge in [-0.25, -0.2) is 0 Å². The second-order valence-corrected chi connectivity index (χ2v) is 3.50. The van der Waals surface area contributed by atoms with Crippen LogP contribution < -0.4 is 5.56 Å². The number of nitrogens with one attached hydrogen (secondary N) is 1. The molecule has 1 heterocycles. The van der Waals surface area contributed by atoms with E-state index in [1.54, 1.807) is 25.1 Å². The molecule has 0 spiro atoms. The Hall–Kier alpha value is -1.48. The van der Waals surface area contributed by atoms with Gasteiger partial charge < -0.3 is 10.1 Å². The van der Waals surface area contributed by atoms with Gasteiger partial charge in [0.05, 0.1) is 16.1 Å². The summed E-state index contributed by atoms with van der Waals surface area (Å²) in [4.78, 5) is 14.0. The summed E-state index contributed by atoms with van der Waals surface area (Å²) >= 11 is 5.87. The van der Waals surface area contributed by atoms with E-state index in [0.29, 0.717) is 21.5 Å². The maximum Gasteiger partial charge on any atom is 0.255 e. The first kappa shape index (κ1) is 9.09. The number of rotatable bonds is 0. The third-order valence-corrected chi connectivity index (χ3v) is 2.52. The second kappa shape index (κ2) is 3.03. The fourth-order valence-electron chi connectivity index (χ4n) is 1.37. The van der Waals surface area contributed by atoms with Crippen LogP contribution in [0.3, 0.4) is 0 Å². The standard InChI is InChI=1S/C10H8ClNO2/c1-5-9(13)6-3-2-4-7(11)8(6)12-10(5)14/h2-4H,1H3,(H2,12,13,14). The number of hydrogen-bond donors (Lipinski definition) is 2. The van der Waals surface area contributed by atoms with Crippen LogP contribution in [0.5, 0.6) is 5.75 Å². The first-order valence-corrected chi connectivity index (χ1v) is 4.49. The molecule has 1 aromatic carbocycles. The van der Waals surface area contributed by atoms with Crippen molar-refractivity contribution in [3.63, 3.8) is 0 Å². The molecule has 0 aliphatic carbocycles. The smallest absolute Gasteiger partial charge is 0.255 e. The molecule has 72 valence electrons. The minimum absolute atomic E-state index is 0.00810. The lowest BCUT2D eigenvalue weighted by Crippen LogP contribution is -2.09. The molecule has 0 aliphatic heterocycles. The monoisotopic (exact) mass is 209 g/mol. The molecule has 0 saturated heterocycles. The molecule has 14 heavy (non-hydrogen) atoms. The Morgan fingerprint density at radius 1 is 1.43 bits per heavy atom. The zero-order chi connectivity index (χ0) is 10.3.